The lowest BCUT2D eigenvalue weighted by atomic mass is 9.96. The van der Waals surface area contributed by atoms with E-state index in [1.165, 1.54) is 0 Å². The van der Waals surface area contributed by atoms with Gasteiger partial charge in [0.1, 0.15) is 5.75 Å². The van der Waals surface area contributed by atoms with Crippen LogP contribution in [0.25, 0.3) is 0 Å². The average Bonchev–Trinajstić information content (AvgIpc) is 2.85. The first-order valence-corrected chi connectivity index (χ1v) is 11.5. The van der Waals surface area contributed by atoms with E-state index in [2.05, 4.69) is 45.5 Å². The lowest BCUT2D eigenvalue weighted by Crippen LogP contribution is -2.38. The van der Waals surface area contributed by atoms with Crippen molar-refractivity contribution in [2.75, 3.05) is 12.4 Å². The second-order valence-electron chi connectivity index (χ2n) is 7.64. The smallest absolute Gasteiger partial charge is 0.322 e. The van der Waals surface area contributed by atoms with Gasteiger partial charge in [-0.3, -0.25) is 0 Å². The van der Waals surface area contributed by atoms with Crippen LogP contribution in [0.4, 0.5) is 10.5 Å². The minimum Gasteiger partial charge on any atom is -0.497 e. The Bertz CT molecular complexity index is 1140. The highest BCUT2D eigenvalue weighted by Gasteiger charge is 2.27. The Morgan fingerprint density at radius 1 is 0.848 bits per heavy atom. The summed E-state index contributed by atoms with van der Waals surface area (Å²) in [6.07, 6.45) is 0. The molecule has 0 saturated carbocycles. The predicted octanol–water partition coefficient (Wildman–Crippen LogP) is 7.28. The molecular weight excluding hydrogens is 476 g/mol. The van der Waals surface area contributed by atoms with Crippen LogP contribution in [0.5, 0.6) is 5.75 Å². The van der Waals surface area contributed by atoms with E-state index in [-0.39, 0.29) is 12.1 Å². The Kier molecular flexibility index (Phi) is 7.43. The van der Waals surface area contributed by atoms with Crippen LogP contribution in [0, 0.1) is 0 Å². The van der Waals surface area contributed by atoms with Crippen molar-refractivity contribution in [2.45, 2.75) is 12.6 Å². The standard InChI is InChI=1S/C28H25BrN2O2/c1-33-26-17-15-21(16-18-26)20-31(28(32)30-25-14-8-13-24(29)19-25)27(22-9-4-2-5-10-22)23-11-6-3-7-12-23/h2-19,27H,20H2,1H3,(H,30,32). The van der Waals surface area contributed by atoms with Gasteiger partial charge in [-0.2, -0.15) is 0 Å². The number of ether oxygens (including phenoxy) is 1. The van der Waals surface area contributed by atoms with Crippen molar-refractivity contribution in [1.82, 2.24) is 4.90 Å². The number of methoxy groups -OCH3 is 1. The number of rotatable bonds is 7. The van der Waals surface area contributed by atoms with Gasteiger partial charge in [0.05, 0.1) is 13.2 Å². The summed E-state index contributed by atoms with van der Waals surface area (Å²) in [5.41, 5.74) is 3.83. The van der Waals surface area contributed by atoms with Gasteiger partial charge in [-0.25, -0.2) is 4.79 Å². The van der Waals surface area contributed by atoms with E-state index in [0.717, 1.165) is 32.6 Å². The lowest BCUT2D eigenvalue weighted by molar-refractivity contribution is 0.194. The van der Waals surface area contributed by atoms with Gasteiger partial charge in [0.25, 0.3) is 0 Å². The van der Waals surface area contributed by atoms with Gasteiger partial charge in [0.2, 0.25) is 0 Å². The molecule has 0 bridgehead atoms. The molecule has 0 saturated heterocycles. The number of carbonyl (C=O) groups excluding carboxylic acids is 1. The van der Waals surface area contributed by atoms with Crippen LogP contribution in [0.1, 0.15) is 22.7 Å². The number of halogens is 1. The molecule has 2 amide bonds. The highest BCUT2D eigenvalue weighted by atomic mass is 79.9. The fourth-order valence-electron chi connectivity index (χ4n) is 3.79. The largest absolute Gasteiger partial charge is 0.497 e. The number of hydrogen-bond donors (Lipinski definition) is 1. The average molecular weight is 501 g/mol. The van der Waals surface area contributed by atoms with Crippen LogP contribution in [0.15, 0.2) is 114 Å². The zero-order chi connectivity index (χ0) is 23.0. The molecular formula is C28H25BrN2O2. The fourth-order valence-corrected chi connectivity index (χ4v) is 4.19. The highest BCUT2D eigenvalue weighted by Crippen LogP contribution is 2.31. The van der Waals surface area contributed by atoms with Gasteiger partial charge in [0, 0.05) is 16.7 Å². The van der Waals surface area contributed by atoms with Gasteiger partial charge in [0.15, 0.2) is 0 Å². The maximum Gasteiger partial charge on any atom is 0.322 e. The SMILES string of the molecule is COc1ccc(CN(C(=O)Nc2cccc(Br)c2)C(c2ccccc2)c2ccccc2)cc1. The molecule has 0 radical (unpaired) electrons. The summed E-state index contributed by atoms with van der Waals surface area (Å²) in [6, 6.07) is 35.2. The Balaban J connectivity index is 1.75. The first-order valence-electron chi connectivity index (χ1n) is 10.7. The third-order valence-electron chi connectivity index (χ3n) is 5.39. The molecule has 0 aliphatic carbocycles. The number of nitrogens with zero attached hydrogens (tertiary/aromatic N) is 1. The molecule has 0 aromatic heterocycles. The van der Waals surface area contributed by atoms with Crippen molar-refractivity contribution in [1.29, 1.82) is 0 Å². The lowest BCUT2D eigenvalue weighted by Gasteiger charge is -2.33. The minimum absolute atomic E-state index is 0.179. The predicted molar refractivity (Wildman–Crippen MR) is 136 cm³/mol. The van der Waals surface area contributed by atoms with Gasteiger partial charge in [-0.05, 0) is 47.0 Å². The Morgan fingerprint density at radius 2 is 1.45 bits per heavy atom. The molecule has 0 fully saturated rings. The second kappa shape index (κ2) is 10.8. The first kappa shape index (κ1) is 22.6. The van der Waals surface area contributed by atoms with E-state index in [9.17, 15) is 4.79 Å². The van der Waals surface area contributed by atoms with Gasteiger partial charge >= 0.3 is 6.03 Å². The molecule has 4 rings (SSSR count). The quantitative estimate of drug-likeness (QED) is 0.289. The molecule has 33 heavy (non-hydrogen) atoms. The molecule has 1 N–H and O–H groups in total. The van der Waals surface area contributed by atoms with Gasteiger partial charge in [-0.1, -0.05) is 94.8 Å². The second-order valence-corrected chi connectivity index (χ2v) is 8.56. The van der Waals surface area contributed by atoms with Crippen LogP contribution >= 0.6 is 15.9 Å². The van der Waals surface area contributed by atoms with Crippen molar-refractivity contribution in [3.8, 4) is 5.75 Å². The fraction of sp³-hybridized carbons (Fsp3) is 0.107. The van der Waals surface area contributed by atoms with Crippen molar-refractivity contribution >= 4 is 27.6 Å². The molecule has 4 aromatic rings. The Morgan fingerprint density at radius 3 is 2.00 bits per heavy atom. The first-order chi connectivity index (χ1) is 16.1. The normalized spacial score (nSPS) is 10.6. The maximum absolute atomic E-state index is 13.7. The molecule has 5 heteroatoms. The number of benzene rings is 4. The molecule has 0 aliphatic heterocycles. The number of amides is 2. The van der Waals surface area contributed by atoms with Crippen molar-refractivity contribution in [2.24, 2.45) is 0 Å². The zero-order valence-corrected chi connectivity index (χ0v) is 19.9. The van der Waals surface area contributed by atoms with Crippen LogP contribution in [-0.4, -0.2) is 18.0 Å². The summed E-state index contributed by atoms with van der Waals surface area (Å²) >= 11 is 3.48. The van der Waals surface area contributed by atoms with E-state index in [0.29, 0.717) is 6.54 Å². The van der Waals surface area contributed by atoms with Crippen molar-refractivity contribution < 1.29 is 9.53 Å². The third-order valence-corrected chi connectivity index (χ3v) is 5.88. The summed E-state index contributed by atoms with van der Waals surface area (Å²) in [5.74, 6) is 0.784. The minimum atomic E-state index is -0.262. The monoisotopic (exact) mass is 500 g/mol. The van der Waals surface area contributed by atoms with Crippen molar-refractivity contribution in [3.63, 3.8) is 0 Å². The molecule has 0 aliphatic rings. The number of nitrogens with one attached hydrogen (secondary N) is 1. The zero-order valence-electron chi connectivity index (χ0n) is 18.3. The summed E-state index contributed by atoms with van der Waals surface area (Å²) in [5, 5.41) is 3.08. The molecule has 0 unspecified atom stereocenters. The Hall–Kier alpha value is -3.57. The van der Waals surface area contributed by atoms with E-state index < -0.39 is 0 Å². The van der Waals surface area contributed by atoms with Crippen LogP contribution in [-0.2, 0) is 6.54 Å². The van der Waals surface area contributed by atoms with Crippen LogP contribution in [0.3, 0.4) is 0 Å². The summed E-state index contributed by atoms with van der Waals surface area (Å²) in [7, 11) is 1.65. The molecule has 0 heterocycles. The van der Waals surface area contributed by atoms with Crippen LogP contribution in [0.2, 0.25) is 0 Å². The van der Waals surface area contributed by atoms with E-state index in [1.54, 1.807) is 7.11 Å². The number of anilines is 1. The third kappa shape index (κ3) is 5.82. The summed E-state index contributed by atoms with van der Waals surface area (Å²) < 4.78 is 6.21. The van der Waals surface area contributed by atoms with E-state index >= 15 is 0 Å². The highest BCUT2D eigenvalue weighted by molar-refractivity contribution is 9.10. The topological polar surface area (TPSA) is 41.6 Å². The van der Waals surface area contributed by atoms with Crippen LogP contribution < -0.4 is 10.1 Å². The molecule has 0 spiro atoms. The van der Waals surface area contributed by atoms with Gasteiger partial charge in [-0.15, -0.1) is 0 Å². The van der Waals surface area contributed by atoms with E-state index in [4.69, 9.17) is 4.74 Å². The molecule has 166 valence electrons. The molecule has 0 atom stereocenters. The number of hydrogen-bond acceptors (Lipinski definition) is 2. The van der Waals surface area contributed by atoms with E-state index in [1.807, 2.05) is 89.8 Å². The van der Waals surface area contributed by atoms with Gasteiger partial charge < -0.3 is 15.0 Å². The summed E-state index contributed by atoms with van der Waals surface area (Å²) in [6.45, 7) is 0.429. The summed E-state index contributed by atoms with van der Waals surface area (Å²) in [4.78, 5) is 15.6. The maximum atomic E-state index is 13.7. The number of carbonyl (C=O) groups is 1. The molecule has 4 aromatic carbocycles. The van der Waals surface area contributed by atoms with Crippen molar-refractivity contribution in [3.05, 3.63) is 130 Å². The Labute approximate surface area is 203 Å². The molecule has 4 nitrogen and oxygen atoms in total. The number of urea groups is 1.